The number of rotatable bonds is 4. The molecule has 0 aliphatic carbocycles. The van der Waals surface area contributed by atoms with E-state index in [-0.39, 0.29) is 11.9 Å². The molecular formula is C13H13ClFN3O. The molecule has 0 saturated heterocycles. The van der Waals surface area contributed by atoms with Crippen LogP contribution in [-0.2, 0) is 6.42 Å². The van der Waals surface area contributed by atoms with E-state index in [9.17, 15) is 4.39 Å². The lowest BCUT2D eigenvalue weighted by molar-refractivity contribution is 0.395. The highest BCUT2D eigenvalue weighted by atomic mass is 35.5. The summed E-state index contributed by atoms with van der Waals surface area (Å²) in [6.07, 6.45) is 1.87. The summed E-state index contributed by atoms with van der Waals surface area (Å²) in [5, 5.41) is 0.313. The normalized spacial score (nSPS) is 12.2. The Labute approximate surface area is 115 Å². The summed E-state index contributed by atoms with van der Waals surface area (Å²) >= 11 is 5.97. The maximum Gasteiger partial charge on any atom is 0.216 e. The molecule has 1 aromatic heterocycles. The van der Waals surface area contributed by atoms with Crippen LogP contribution in [0.4, 0.5) is 4.39 Å². The molecule has 1 atom stereocenters. The molecule has 2 aromatic rings. The summed E-state index contributed by atoms with van der Waals surface area (Å²) in [7, 11) is 1.53. The monoisotopic (exact) mass is 281 g/mol. The van der Waals surface area contributed by atoms with Crippen LogP contribution < -0.4 is 10.5 Å². The van der Waals surface area contributed by atoms with Gasteiger partial charge in [-0.15, -0.1) is 0 Å². The van der Waals surface area contributed by atoms with E-state index in [0.29, 0.717) is 22.9 Å². The highest BCUT2D eigenvalue weighted by Crippen LogP contribution is 2.24. The average molecular weight is 282 g/mol. The van der Waals surface area contributed by atoms with Crippen LogP contribution in [-0.4, -0.2) is 17.1 Å². The molecule has 1 unspecified atom stereocenters. The predicted octanol–water partition coefficient (Wildman–Crippen LogP) is 2.52. The first-order chi connectivity index (χ1) is 9.10. The Balaban J connectivity index is 2.17. The van der Waals surface area contributed by atoms with E-state index >= 15 is 0 Å². The molecule has 2 rings (SSSR count). The SMILES string of the molecule is COc1cc(CC(N)c2ccc(F)cc2Cl)ncn1. The van der Waals surface area contributed by atoms with Crippen LogP contribution in [0.25, 0.3) is 0 Å². The average Bonchev–Trinajstić information content (AvgIpc) is 2.38. The zero-order chi connectivity index (χ0) is 13.8. The van der Waals surface area contributed by atoms with Crippen molar-refractivity contribution in [1.82, 2.24) is 9.97 Å². The Morgan fingerprint density at radius 2 is 2.16 bits per heavy atom. The third-order valence-corrected chi connectivity index (χ3v) is 3.03. The predicted molar refractivity (Wildman–Crippen MR) is 70.6 cm³/mol. The lowest BCUT2D eigenvalue weighted by atomic mass is 10.0. The van der Waals surface area contributed by atoms with Crippen molar-refractivity contribution in [3.63, 3.8) is 0 Å². The number of nitrogens with two attached hydrogens (primary N) is 1. The Hall–Kier alpha value is -1.72. The zero-order valence-electron chi connectivity index (χ0n) is 10.3. The second-order valence-corrected chi connectivity index (χ2v) is 4.44. The van der Waals surface area contributed by atoms with Crippen molar-refractivity contribution in [2.24, 2.45) is 5.73 Å². The van der Waals surface area contributed by atoms with Crippen LogP contribution in [0.3, 0.4) is 0 Å². The van der Waals surface area contributed by atoms with Crippen molar-refractivity contribution >= 4 is 11.6 Å². The summed E-state index contributed by atoms with van der Waals surface area (Å²) in [6.45, 7) is 0. The molecule has 2 N–H and O–H groups in total. The Kier molecular flexibility index (Phi) is 4.29. The standard InChI is InChI=1S/C13H13ClFN3O/c1-19-13-6-9(17-7-18-13)5-12(16)10-3-2-8(15)4-11(10)14/h2-4,6-7,12H,5,16H2,1H3. The van der Waals surface area contributed by atoms with Gasteiger partial charge in [0.15, 0.2) is 0 Å². The second-order valence-electron chi connectivity index (χ2n) is 4.03. The maximum atomic E-state index is 13.0. The van der Waals surface area contributed by atoms with Gasteiger partial charge in [0, 0.05) is 29.2 Å². The van der Waals surface area contributed by atoms with Crippen LogP contribution in [0.5, 0.6) is 5.88 Å². The quantitative estimate of drug-likeness (QED) is 0.935. The Morgan fingerprint density at radius 3 is 2.84 bits per heavy atom. The number of methoxy groups -OCH3 is 1. The third-order valence-electron chi connectivity index (χ3n) is 2.70. The number of nitrogens with zero attached hydrogens (tertiary/aromatic N) is 2. The van der Waals surface area contributed by atoms with Crippen molar-refractivity contribution in [2.45, 2.75) is 12.5 Å². The number of benzene rings is 1. The van der Waals surface area contributed by atoms with E-state index in [2.05, 4.69) is 9.97 Å². The highest BCUT2D eigenvalue weighted by molar-refractivity contribution is 6.31. The maximum absolute atomic E-state index is 13.0. The summed E-state index contributed by atoms with van der Waals surface area (Å²) in [4.78, 5) is 8.03. The van der Waals surface area contributed by atoms with Crippen LogP contribution >= 0.6 is 11.6 Å². The number of halogens is 2. The van der Waals surface area contributed by atoms with Crippen LogP contribution in [0.15, 0.2) is 30.6 Å². The van der Waals surface area contributed by atoms with Crippen LogP contribution in [0, 0.1) is 5.82 Å². The molecule has 1 heterocycles. The molecule has 0 radical (unpaired) electrons. The number of hydrogen-bond donors (Lipinski definition) is 1. The lowest BCUT2D eigenvalue weighted by Gasteiger charge is -2.13. The van der Waals surface area contributed by atoms with Crippen LogP contribution in [0.1, 0.15) is 17.3 Å². The molecule has 19 heavy (non-hydrogen) atoms. The molecule has 0 bridgehead atoms. The van der Waals surface area contributed by atoms with Gasteiger partial charge >= 0.3 is 0 Å². The topological polar surface area (TPSA) is 61.0 Å². The Bertz CT molecular complexity index is 580. The molecule has 1 aromatic carbocycles. The second kappa shape index (κ2) is 5.95. The van der Waals surface area contributed by atoms with Gasteiger partial charge < -0.3 is 10.5 Å². The fourth-order valence-corrected chi connectivity index (χ4v) is 2.05. The minimum atomic E-state index is -0.385. The molecule has 6 heteroatoms. The largest absolute Gasteiger partial charge is 0.481 e. The van der Waals surface area contributed by atoms with Gasteiger partial charge in [-0.2, -0.15) is 0 Å². The first-order valence-corrected chi connectivity index (χ1v) is 6.03. The molecule has 100 valence electrons. The molecule has 0 aliphatic heterocycles. The van der Waals surface area contributed by atoms with E-state index < -0.39 is 0 Å². The summed E-state index contributed by atoms with van der Waals surface area (Å²) < 4.78 is 18.0. The molecule has 0 saturated carbocycles. The van der Waals surface area contributed by atoms with Crippen LogP contribution in [0.2, 0.25) is 5.02 Å². The van der Waals surface area contributed by atoms with Gasteiger partial charge in [-0.25, -0.2) is 14.4 Å². The molecule has 0 amide bonds. The van der Waals surface area contributed by atoms with Crippen molar-refractivity contribution in [1.29, 1.82) is 0 Å². The fourth-order valence-electron chi connectivity index (χ4n) is 1.74. The van der Waals surface area contributed by atoms with Gasteiger partial charge in [0.2, 0.25) is 5.88 Å². The number of aromatic nitrogens is 2. The number of hydrogen-bond acceptors (Lipinski definition) is 4. The molecular weight excluding hydrogens is 269 g/mol. The van der Waals surface area contributed by atoms with E-state index in [4.69, 9.17) is 22.1 Å². The smallest absolute Gasteiger partial charge is 0.216 e. The van der Waals surface area contributed by atoms with Gasteiger partial charge in [-0.05, 0) is 17.7 Å². The van der Waals surface area contributed by atoms with E-state index in [1.807, 2.05) is 0 Å². The van der Waals surface area contributed by atoms with Gasteiger partial charge in [0.25, 0.3) is 0 Å². The molecule has 0 aliphatic rings. The van der Waals surface area contributed by atoms with E-state index in [1.165, 1.54) is 25.6 Å². The summed E-state index contributed by atoms with van der Waals surface area (Å²) in [6, 6.07) is 5.50. The zero-order valence-corrected chi connectivity index (χ0v) is 11.1. The van der Waals surface area contributed by atoms with Crippen molar-refractivity contribution in [2.75, 3.05) is 7.11 Å². The highest BCUT2D eigenvalue weighted by Gasteiger charge is 2.13. The minimum absolute atomic E-state index is 0.313. The van der Waals surface area contributed by atoms with Crippen molar-refractivity contribution in [3.05, 3.63) is 52.7 Å². The van der Waals surface area contributed by atoms with Gasteiger partial charge in [-0.1, -0.05) is 17.7 Å². The Morgan fingerprint density at radius 1 is 1.37 bits per heavy atom. The van der Waals surface area contributed by atoms with Crippen molar-refractivity contribution < 1.29 is 9.13 Å². The molecule has 0 fully saturated rings. The third kappa shape index (κ3) is 3.39. The van der Waals surface area contributed by atoms with E-state index in [0.717, 1.165) is 5.69 Å². The molecule has 4 nitrogen and oxygen atoms in total. The van der Waals surface area contributed by atoms with Gasteiger partial charge in [-0.3, -0.25) is 0 Å². The van der Waals surface area contributed by atoms with Gasteiger partial charge in [0.05, 0.1) is 7.11 Å². The van der Waals surface area contributed by atoms with Crippen molar-refractivity contribution in [3.8, 4) is 5.88 Å². The summed E-state index contributed by atoms with van der Waals surface area (Å²) in [5.41, 5.74) is 7.48. The van der Waals surface area contributed by atoms with E-state index in [1.54, 1.807) is 12.1 Å². The fraction of sp³-hybridized carbons (Fsp3) is 0.231. The van der Waals surface area contributed by atoms with Gasteiger partial charge in [0.1, 0.15) is 12.1 Å². The first kappa shape index (κ1) is 13.7. The lowest BCUT2D eigenvalue weighted by Crippen LogP contribution is -2.15. The number of ether oxygens (including phenoxy) is 1. The molecule has 0 spiro atoms. The minimum Gasteiger partial charge on any atom is -0.481 e. The first-order valence-electron chi connectivity index (χ1n) is 5.65. The summed E-state index contributed by atoms with van der Waals surface area (Å²) in [5.74, 6) is 0.0899.